The lowest BCUT2D eigenvalue weighted by Gasteiger charge is -2.04. The highest BCUT2D eigenvalue weighted by molar-refractivity contribution is 7.98. The highest BCUT2D eigenvalue weighted by Gasteiger charge is 2.08. The minimum Gasteiger partial charge on any atom is -0.481 e. The first-order chi connectivity index (χ1) is 11.8. The molecule has 3 N–H and O–H groups in total. The molecule has 25 heavy (non-hydrogen) atoms. The van der Waals surface area contributed by atoms with Crippen molar-refractivity contribution in [3.63, 3.8) is 0 Å². The number of benzene rings is 1. The molecule has 0 atom stereocenters. The van der Waals surface area contributed by atoms with E-state index in [1.807, 2.05) is 42.9 Å². The van der Waals surface area contributed by atoms with Gasteiger partial charge in [0.2, 0.25) is 0 Å². The average molecular weight is 366 g/mol. The van der Waals surface area contributed by atoms with Crippen molar-refractivity contribution in [1.82, 2.24) is 20.1 Å². The summed E-state index contributed by atoms with van der Waals surface area (Å²) in [6, 6.07) is 7.62. The quantitative estimate of drug-likeness (QED) is 0.632. The Morgan fingerprint density at radius 3 is 2.24 bits per heavy atom. The lowest BCUT2D eigenvalue weighted by molar-refractivity contribution is -0.136. The number of hydrogen-bond acceptors (Lipinski definition) is 6. The minimum absolute atomic E-state index is 0.0596. The summed E-state index contributed by atoms with van der Waals surface area (Å²) < 4.78 is 1.97. The first-order valence-corrected chi connectivity index (χ1v) is 8.46. The van der Waals surface area contributed by atoms with E-state index in [2.05, 4.69) is 15.5 Å². The standard InChI is InChI=1S/C14H18N4O2S.C2H4O2/c1-15-8-12-16-17-14(18(12)2)21-9-11-5-3-10(4-6-11)7-13(19)20;1-2(3)4/h3-6,15H,7-9H2,1-2H3,(H,19,20);1H3,(H,3,4). The van der Waals surface area contributed by atoms with Gasteiger partial charge in [0.25, 0.3) is 5.97 Å². The molecule has 136 valence electrons. The fourth-order valence-electron chi connectivity index (χ4n) is 1.86. The number of rotatable bonds is 7. The smallest absolute Gasteiger partial charge is 0.307 e. The van der Waals surface area contributed by atoms with Gasteiger partial charge in [-0.2, -0.15) is 0 Å². The van der Waals surface area contributed by atoms with E-state index in [-0.39, 0.29) is 6.42 Å². The zero-order valence-corrected chi connectivity index (χ0v) is 15.2. The van der Waals surface area contributed by atoms with Crippen LogP contribution in [0.25, 0.3) is 0 Å². The second-order valence-corrected chi connectivity index (χ2v) is 6.13. The maximum atomic E-state index is 10.6. The molecule has 1 aromatic carbocycles. The molecule has 0 spiro atoms. The summed E-state index contributed by atoms with van der Waals surface area (Å²) in [6.07, 6.45) is 0.0596. The number of aliphatic carboxylic acids is 2. The maximum absolute atomic E-state index is 10.6. The summed E-state index contributed by atoms with van der Waals surface area (Å²) in [5.41, 5.74) is 1.94. The Bertz CT molecular complexity index is 697. The third-order valence-electron chi connectivity index (χ3n) is 3.01. The van der Waals surface area contributed by atoms with Gasteiger partial charge in [-0.05, 0) is 18.2 Å². The van der Waals surface area contributed by atoms with Gasteiger partial charge < -0.3 is 20.1 Å². The second kappa shape index (κ2) is 10.5. The van der Waals surface area contributed by atoms with Gasteiger partial charge in [0.1, 0.15) is 5.82 Å². The highest BCUT2D eigenvalue weighted by Crippen LogP contribution is 2.21. The van der Waals surface area contributed by atoms with Crippen LogP contribution in [0.1, 0.15) is 23.9 Å². The van der Waals surface area contributed by atoms with E-state index in [0.29, 0.717) is 6.54 Å². The zero-order chi connectivity index (χ0) is 18.8. The lowest BCUT2D eigenvalue weighted by atomic mass is 10.1. The Labute approximate surface area is 150 Å². The summed E-state index contributed by atoms with van der Waals surface area (Å²) in [5.74, 6) is 0.0314. The average Bonchev–Trinajstić information content (AvgIpc) is 2.87. The van der Waals surface area contributed by atoms with Crippen molar-refractivity contribution in [3.8, 4) is 0 Å². The van der Waals surface area contributed by atoms with Crippen LogP contribution in [0.3, 0.4) is 0 Å². The normalized spacial score (nSPS) is 10.0. The van der Waals surface area contributed by atoms with Crippen LogP contribution in [0.4, 0.5) is 0 Å². The summed E-state index contributed by atoms with van der Waals surface area (Å²) in [4.78, 5) is 19.6. The topological polar surface area (TPSA) is 117 Å². The number of aromatic nitrogens is 3. The molecule has 0 unspecified atom stereocenters. The Balaban J connectivity index is 0.000000705. The molecule has 0 bridgehead atoms. The molecule has 0 fully saturated rings. The van der Waals surface area contributed by atoms with Crippen molar-refractivity contribution in [3.05, 3.63) is 41.2 Å². The molecule has 0 aliphatic rings. The van der Waals surface area contributed by atoms with Crippen LogP contribution in [0.15, 0.2) is 29.4 Å². The van der Waals surface area contributed by atoms with Gasteiger partial charge in [-0.15, -0.1) is 10.2 Å². The van der Waals surface area contributed by atoms with E-state index in [4.69, 9.17) is 15.0 Å². The van der Waals surface area contributed by atoms with E-state index >= 15 is 0 Å². The number of nitrogens with zero attached hydrogens (tertiary/aromatic N) is 3. The molecule has 0 aliphatic carbocycles. The summed E-state index contributed by atoms with van der Waals surface area (Å²) >= 11 is 1.61. The summed E-state index contributed by atoms with van der Waals surface area (Å²) in [5, 5.41) is 28.4. The Kier molecular flexibility index (Phi) is 8.65. The first-order valence-electron chi connectivity index (χ1n) is 7.48. The zero-order valence-electron chi connectivity index (χ0n) is 14.4. The van der Waals surface area contributed by atoms with E-state index < -0.39 is 11.9 Å². The van der Waals surface area contributed by atoms with Crippen LogP contribution in [0.2, 0.25) is 0 Å². The number of carboxylic acid groups (broad SMARTS) is 2. The molecule has 0 aliphatic heterocycles. The van der Waals surface area contributed by atoms with Gasteiger partial charge in [0, 0.05) is 19.7 Å². The van der Waals surface area contributed by atoms with Gasteiger partial charge >= 0.3 is 5.97 Å². The number of hydrogen-bond donors (Lipinski definition) is 3. The predicted octanol–water partition coefficient (Wildman–Crippen LogP) is 1.54. The molecule has 2 rings (SSSR count). The van der Waals surface area contributed by atoms with Crippen LogP contribution < -0.4 is 5.32 Å². The third-order valence-corrected chi connectivity index (χ3v) is 4.10. The van der Waals surface area contributed by atoms with Gasteiger partial charge in [-0.1, -0.05) is 36.0 Å². The molecule has 0 saturated carbocycles. The molecule has 8 nitrogen and oxygen atoms in total. The van der Waals surface area contributed by atoms with E-state index in [0.717, 1.165) is 34.8 Å². The van der Waals surface area contributed by atoms with Crippen molar-refractivity contribution in [2.45, 2.75) is 30.8 Å². The SMILES string of the molecule is CC(=O)O.CNCc1nnc(SCc2ccc(CC(=O)O)cc2)n1C. The van der Waals surface area contributed by atoms with Crippen LogP contribution in [-0.4, -0.2) is 44.0 Å². The monoisotopic (exact) mass is 366 g/mol. The van der Waals surface area contributed by atoms with Crippen LogP contribution in [-0.2, 0) is 35.4 Å². The Morgan fingerprint density at radius 1 is 1.16 bits per heavy atom. The van der Waals surface area contributed by atoms with Gasteiger partial charge in [-0.25, -0.2) is 0 Å². The Morgan fingerprint density at radius 2 is 1.72 bits per heavy atom. The molecule has 0 radical (unpaired) electrons. The predicted molar refractivity (Wildman–Crippen MR) is 94.4 cm³/mol. The van der Waals surface area contributed by atoms with Crippen LogP contribution in [0, 0.1) is 0 Å². The van der Waals surface area contributed by atoms with Crippen molar-refractivity contribution in [2.24, 2.45) is 7.05 Å². The molecule has 9 heteroatoms. The molecular weight excluding hydrogens is 344 g/mol. The van der Waals surface area contributed by atoms with Crippen molar-refractivity contribution < 1.29 is 19.8 Å². The lowest BCUT2D eigenvalue weighted by Crippen LogP contribution is -2.10. The van der Waals surface area contributed by atoms with E-state index in [1.165, 1.54) is 0 Å². The van der Waals surface area contributed by atoms with Gasteiger partial charge in [-0.3, -0.25) is 9.59 Å². The minimum atomic E-state index is -0.833. The van der Waals surface area contributed by atoms with Crippen molar-refractivity contribution >= 4 is 23.7 Å². The van der Waals surface area contributed by atoms with E-state index in [1.54, 1.807) is 11.8 Å². The molecule has 0 saturated heterocycles. The van der Waals surface area contributed by atoms with E-state index in [9.17, 15) is 4.79 Å². The molecule has 2 aromatic rings. The fourth-order valence-corrected chi connectivity index (χ4v) is 2.74. The Hall–Kier alpha value is -2.39. The van der Waals surface area contributed by atoms with Crippen LogP contribution >= 0.6 is 11.8 Å². The first kappa shape index (κ1) is 20.7. The highest BCUT2D eigenvalue weighted by atomic mass is 32.2. The molecule has 1 heterocycles. The summed E-state index contributed by atoms with van der Waals surface area (Å²) in [6.45, 7) is 1.77. The molecular formula is C16H22N4O4S. The van der Waals surface area contributed by atoms with Gasteiger partial charge in [0.15, 0.2) is 5.16 Å². The largest absolute Gasteiger partial charge is 0.481 e. The van der Waals surface area contributed by atoms with Gasteiger partial charge in [0.05, 0.1) is 13.0 Å². The van der Waals surface area contributed by atoms with Crippen LogP contribution in [0.5, 0.6) is 0 Å². The number of carbonyl (C=O) groups is 2. The molecule has 0 amide bonds. The van der Waals surface area contributed by atoms with Crippen molar-refractivity contribution in [1.29, 1.82) is 0 Å². The number of thioether (sulfide) groups is 1. The summed E-state index contributed by atoms with van der Waals surface area (Å²) in [7, 11) is 3.82. The maximum Gasteiger partial charge on any atom is 0.307 e. The van der Waals surface area contributed by atoms with Crippen molar-refractivity contribution in [2.75, 3.05) is 7.05 Å². The number of nitrogens with one attached hydrogen (secondary N) is 1. The second-order valence-electron chi connectivity index (χ2n) is 5.18. The number of carboxylic acids is 2. The molecule has 1 aromatic heterocycles. The third kappa shape index (κ3) is 7.81. The fraction of sp³-hybridized carbons (Fsp3) is 0.375.